The summed E-state index contributed by atoms with van der Waals surface area (Å²) in [5.74, 6) is 8.29. The Hall–Kier alpha value is -15.4. The molecule has 2 fully saturated rings. The van der Waals surface area contributed by atoms with E-state index < -0.39 is 89.7 Å². The number of nitrogens with one attached hydrogen (secondary N) is 2. The second-order valence-corrected chi connectivity index (χ2v) is 31.0. The first-order valence-electron chi connectivity index (χ1n) is 41.6. The van der Waals surface area contributed by atoms with E-state index in [1.165, 1.54) is 12.7 Å². The molecule has 2 saturated heterocycles. The van der Waals surface area contributed by atoms with Crippen LogP contribution in [0.15, 0.2) is 352 Å². The highest BCUT2D eigenvalue weighted by Gasteiger charge is 2.58. The lowest BCUT2D eigenvalue weighted by Crippen LogP contribution is -2.50. The van der Waals surface area contributed by atoms with Gasteiger partial charge in [-0.05, 0) is 115 Å². The Bertz CT molecular complexity index is 6070. The van der Waals surface area contributed by atoms with Crippen LogP contribution in [0.2, 0.25) is 0 Å². The van der Waals surface area contributed by atoms with Crippen LogP contribution in [0.4, 0.5) is 25.2 Å². The molecule has 0 amide bonds. The Morgan fingerprint density at radius 1 is 0.375 bits per heavy atom. The van der Waals surface area contributed by atoms with Crippen molar-refractivity contribution in [1.29, 1.82) is 0 Å². The molecule has 6 atom stereocenters. The Labute approximate surface area is 738 Å². The molecule has 6 heterocycles. The number of imidazole rings is 2. The van der Waals surface area contributed by atoms with Gasteiger partial charge in [0.1, 0.15) is 83.2 Å². The number of carbonyl (C=O) groups is 1. The molecule has 2 N–H and O–H groups in total. The SMILES string of the molecule is C#C[C@]1(COC(=O)OC[C@@]2(C#C)O[C@@H](n3cnc4c(NC(c5ccccc5)(c5ccccc5)c5ccc(OC)cc5)nc(F)nc43)C[C@@H]2OC(c2ccccc2)(c2ccccc2)c2ccc(OC)cc2)O[C@@H](n2cnc3c(NC(c4ccccc4)(c4ccccc4)c4ccc(OC)cc4)nc(F)nc32)C[C@@H]1OC(c1ccccc1)(c1ccccc1)c1ccc(OC)cc1. The van der Waals surface area contributed by atoms with Gasteiger partial charge >= 0.3 is 18.3 Å². The number of aromatic nitrogens is 8. The van der Waals surface area contributed by atoms with Crippen molar-refractivity contribution in [2.75, 3.05) is 52.3 Å². The van der Waals surface area contributed by atoms with Gasteiger partial charge in [-0.25, -0.2) is 14.8 Å². The van der Waals surface area contributed by atoms with E-state index in [4.69, 9.17) is 70.2 Å². The van der Waals surface area contributed by atoms with Crippen molar-refractivity contribution in [2.45, 2.75) is 71.0 Å². The predicted molar refractivity (Wildman–Crippen MR) is 480 cm³/mol. The zero-order chi connectivity index (χ0) is 87.9. The van der Waals surface area contributed by atoms with Crippen LogP contribution in [-0.4, -0.2) is 110 Å². The molecule has 2 aliphatic heterocycles. The van der Waals surface area contributed by atoms with E-state index in [1.807, 2.05) is 340 Å². The lowest BCUT2D eigenvalue weighted by molar-refractivity contribution is -0.148. The number of carbonyl (C=O) groups excluding carboxylic acids is 1. The third-order valence-electron chi connectivity index (χ3n) is 24.1. The minimum atomic E-state index is -2.07. The van der Waals surface area contributed by atoms with Gasteiger partial charge in [0.05, 0.1) is 41.1 Å². The zero-order valence-electron chi connectivity index (χ0n) is 70.1. The summed E-state index contributed by atoms with van der Waals surface area (Å²) >= 11 is 0. The van der Waals surface area contributed by atoms with Gasteiger partial charge in [0.25, 0.3) is 0 Å². The summed E-state index contributed by atoms with van der Waals surface area (Å²) in [6.07, 6.45) is 8.26. The zero-order valence-corrected chi connectivity index (χ0v) is 70.1. The molecule has 0 radical (unpaired) electrons. The van der Waals surface area contributed by atoms with Crippen LogP contribution in [0.25, 0.3) is 22.3 Å². The van der Waals surface area contributed by atoms with Crippen molar-refractivity contribution >= 4 is 40.1 Å². The number of ether oxygens (including phenoxy) is 10. The van der Waals surface area contributed by atoms with Gasteiger partial charge in [0.2, 0.25) is 0 Å². The third-order valence-corrected chi connectivity index (χ3v) is 24.1. The molecule has 21 nitrogen and oxygen atoms in total. The van der Waals surface area contributed by atoms with Gasteiger partial charge in [-0.1, -0.05) is 303 Å². The van der Waals surface area contributed by atoms with Gasteiger partial charge in [-0.15, -0.1) is 12.8 Å². The molecule has 0 unspecified atom stereocenters. The third kappa shape index (κ3) is 15.3. The highest BCUT2D eigenvalue weighted by atomic mass is 19.1. The van der Waals surface area contributed by atoms with E-state index in [9.17, 15) is 0 Å². The van der Waals surface area contributed by atoms with Crippen molar-refractivity contribution in [3.05, 3.63) is 431 Å². The molecule has 4 aromatic heterocycles. The average Bonchev–Trinajstić information content (AvgIpc) is 1.74. The first-order chi connectivity index (χ1) is 62.7. The predicted octanol–water partition coefficient (Wildman–Crippen LogP) is 19.3. The Morgan fingerprint density at radius 3 is 0.875 bits per heavy atom. The minimum Gasteiger partial charge on any atom is -0.497 e. The van der Waals surface area contributed by atoms with Gasteiger partial charge in [-0.2, -0.15) is 28.7 Å². The molecule has 16 aromatic rings. The first-order valence-corrected chi connectivity index (χ1v) is 41.6. The smallest absolute Gasteiger partial charge is 0.497 e. The molecule has 0 saturated carbocycles. The van der Waals surface area contributed by atoms with E-state index in [-0.39, 0.29) is 46.8 Å². The number of benzene rings is 12. The maximum atomic E-state index is 17.1. The normalized spacial score (nSPS) is 17.5. The van der Waals surface area contributed by atoms with Crippen LogP contribution in [0.5, 0.6) is 23.0 Å². The molecule has 128 heavy (non-hydrogen) atoms. The summed E-state index contributed by atoms with van der Waals surface area (Å²) in [5, 5.41) is 7.41. The van der Waals surface area contributed by atoms with Crippen molar-refractivity contribution in [3.8, 4) is 47.7 Å². The molecular weight excluding hydrogens is 1620 g/mol. The van der Waals surface area contributed by atoms with Gasteiger partial charge < -0.3 is 58.0 Å². The summed E-state index contributed by atoms with van der Waals surface area (Å²) < 4.78 is 103. The van der Waals surface area contributed by atoms with E-state index in [2.05, 4.69) is 42.4 Å². The van der Waals surface area contributed by atoms with E-state index in [1.54, 1.807) is 37.6 Å². The Kier molecular flexibility index (Phi) is 23.3. The summed E-state index contributed by atoms with van der Waals surface area (Å²) in [5.41, 5.74) is -0.702. The van der Waals surface area contributed by atoms with Crippen LogP contribution < -0.4 is 29.6 Å². The summed E-state index contributed by atoms with van der Waals surface area (Å²) in [6.45, 7) is -1.50. The topological polar surface area (TPSA) is 221 Å². The Morgan fingerprint density at radius 2 is 0.617 bits per heavy atom. The molecular formula is C105H86F2N10O11. The molecule has 636 valence electrons. The standard InChI is InChI=1S/C105H86F2N10O11/c1-7-100(87(125-104(77-41-25-13-26-42-77,78-43-27-14-28-44-78)81-53-61-85(121-5)62-54-81)65-89(127-100)116-69-108-91-93(110-97(106)112-95(91)116)114-102(71-33-17-9-18-34-71,72-35-19-10-20-36-72)75-49-57-83(119-3)58-50-75)67-123-99(118)124-68-101(8-2)88(126-105(79-45-29-15-30-46-79,80-47-31-16-32-48-80)82-55-63-86(122-6)64-56-82)66-90(128-101)117-70-109-92-94(111-98(107)113-96(92)117)115-103(73-37-21-11-22-38-73,74-39-23-12-24-40-74)76-51-59-84(120-4)60-52-76/h1-2,9-64,69-70,87-90H,65-68H2,3-6H3,(H,110,112,114)(H,111,113,115)/t87-,88-,89+,90+,100+,101+/m0/s1. The molecule has 12 aromatic carbocycles. The largest absolute Gasteiger partial charge is 0.508 e. The fourth-order valence-electron chi connectivity index (χ4n) is 17.8. The van der Waals surface area contributed by atoms with Crippen molar-refractivity contribution in [2.24, 2.45) is 0 Å². The van der Waals surface area contributed by atoms with Crippen LogP contribution in [0, 0.1) is 36.8 Å². The Balaban J connectivity index is 0.739. The number of fused-ring (bicyclic) bond motifs is 2. The maximum absolute atomic E-state index is 17.1. The molecule has 23 heteroatoms. The average molecular weight is 1700 g/mol. The highest BCUT2D eigenvalue weighted by Crippen LogP contribution is 2.53. The fourth-order valence-corrected chi connectivity index (χ4v) is 17.8. The van der Waals surface area contributed by atoms with E-state index >= 15 is 13.6 Å². The highest BCUT2D eigenvalue weighted by molar-refractivity contribution is 5.86. The van der Waals surface area contributed by atoms with E-state index in [0.717, 1.165) is 33.4 Å². The van der Waals surface area contributed by atoms with Gasteiger partial charge in [-0.3, -0.25) is 9.13 Å². The second kappa shape index (κ2) is 35.7. The molecule has 0 aliphatic carbocycles. The monoisotopic (exact) mass is 1700 g/mol. The van der Waals surface area contributed by atoms with Crippen molar-refractivity contribution < 1.29 is 60.9 Å². The van der Waals surface area contributed by atoms with Crippen LogP contribution in [0.1, 0.15) is 92.1 Å². The van der Waals surface area contributed by atoms with Gasteiger partial charge in [0.15, 0.2) is 45.2 Å². The summed E-state index contributed by atoms with van der Waals surface area (Å²) in [7, 11) is 6.36. The van der Waals surface area contributed by atoms with Crippen LogP contribution >= 0.6 is 0 Å². The number of rotatable bonds is 30. The summed E-state index contributed by atoms with van der Waals surface area (Å²) in [4.78, 5) is 43.4. The fraction of sp³-hybridized carbons (Fsp3) is 0.171. The summed E-state index contributed by atoms with van der Waals surface area (Å²) in [6, 6.07) is 108. The minimum absolute atomic E-state index is 0.00667. The number of halogens is 2. The molecule has 18 rings (SSSR count). The number of methoxy groups -OCH3 is 4. The number of hydrogen-bond donors (Lipinski definition) is 2. The number of terminal acetylenes is 2. The quantitative estimate of drug-likeness (QED) is 0.0185. The van der Waals surface area contributed by atoms with Crippen LogP contribution in [-0.2, 0) is 50.7 Å². The molecule has 0 bridgehead atoms. The first kappa shape index (κ1) is 83.5. The number of hydrogen-bond acceptors (Lipinski definition) is 19. The molecule has 0 spiro atoms. The lowest BCUT2D eigenvalue weighted by Gasteiger charge is -2.41. The van der Waals surface area contributed by atoms with Crippen molar-refractivity contribution in [1.82, 2.24) is 39.0 Å². The lowest BCUT2D eigenvalue weighted by atomic mass is 9.77. The number of anilines is 2. The number of nitrogens with zero attached hydrogens (tertiary/aromatic N) is 8. The van der Waals surface area contributed by atoms with Crippen molar-refractivity contribution in [3.63, 3.8) is 0 Å². The van der Waals surface area contributed by atoms with Gasteiger partial charge in [0, 0.05) is 12.8 Å². The van der Waals surface area contributed by atoms with Crippen LogP contribution in [0.3, 0.4) is 0 Å². The second-order valence-electron chi connectivity index (χ2n) is 31.0. The maximum Gasteiger partial charge on any atom is 0.508 e. The molecule has 2 aliphatic rings. The van der Waals surface area contributed by atoms with E-state index in [0.29, 0.717) is 56.4 Å².